The Morgan fingerprint density at radius 1 is 1.25 bits per heavy atom. The zero-order valence-electron chi connectivity index (χ0n) is 11.9. The predicted molar refractivity (Wildman–Crippen MR) is 72.9 cm³/mol. The molecule has 2 atom stereocenters. The summed E-state index contributed by atoms with van der Waals surface area (Å²) < 4.78 is 66.6. The predicted octanol–water partition coefficient (Wildman–Crippen LogP) is 3.71. The summed E-state index contributed by atoms with van der Waals surface area (Å²) >= 11 is 0. The average molecular weight is 340 g/mol. The number of rotatable bonds is 1. The van der Waals surface area contributed by atoms with Gasteiger partial charge in [0.05, 0.1) is 11.6 Å². The lowest BCUT2D eigenvalue weighted by molar-refractivity contribution is -0.142. The van der Waals surface area contributed by atoms with Crippen molar-refractivity contribution in [3.63, 3.8) is 0 Å². The summed E-state index contributed by atoms with van der Waals surface area (Å²) in [5, 5.41) is 18.7. The van der Waals surface area contributed by atoms with E-state index in [2.05, 4.69) is 4.98 Å². The maximum absolute atomic E-state index is 13.8. The van der Waals surface area contributed by atoms with Gasteiger partial charge in [0.25, 0.3) is 0 Å². The quantitative estimate of drug-likeness (QED) is 0.805. The number of aliphatic hydroxyl groups excluding tert-OH is 1. The van der Waals surface area contributed by atoms with Crippen molar-refractivity contribution in [3.8, 4) is 17.2 Å². The van der Waals surface area contributed by atoms with Crippen LogP contribution in [0.15, 0.2) is 24.4 Å². The van der Waals surface area contributed by atoms with Crippen molar-refractivity contribution >= 4 is 0 Å². The number of aromatic nitrogens is 1. The molecule has 8 heteroatoms. The minimum absolute atomic E-state index is 0.0333. The molecule has 1 aliphatic rings. The van der Waals surface area contributed by atoms with Gasteiger partial charge in [-0.25, -0.2) is 8.78 Å². The van der Waals surface area contributed by atoms with E-state index in [1.54, 1.807) is 6.07 Å². The molecule has 1 aromatic carbocycles. The van der Waals surface area contributed by atoms with Gasteiger partial charge in [0, 0.05) is 23.7 Å². The first kappa shape index (κ1) is 16.3. The molecule has 0 radical (unpaired) electrons. The number of benzene rings is 1. The number of halogens is 5. The number of fused-ring (bicyclic) bond motifs is 1. The maximum atomic E-state index is 13.8. The lowest BCUT2D eigenvalue weighted by atomic mass is 9.96. The molecule has 0 bridgehead atoms. The van der Waals surface area contributed by atoms with Crippen LogP contribution >= 0.6 is 0 Å². The van der Waals surface area contributed by atoms with Crippen LogP contribution in [0.3, 0.4) is 0 Å². The summed E-state index contributed by atoms with van der Waals surface area (Å²) in [5.41, 5.74) is -1.93. The molecule has 1 N–H and O–H groups in total. The Balaban J connectivity index is 2.26. The summed E-state index contributed by atoms with van der Waals surface area (Å²) in [7, 11) is 0. The molecule has 1 aliphatic carbocycles. The highest BCUT2D eigenvalue weighted by molar-refractivity contribution is 5.71. The van der Waals surface area contributed by atoms with E-state index in [0.717, 1.165) is 18.3 Å². The zero-order chi connectivity index (χ0) is 17.6. The average Bonchev–Trinajstić information content (AvgIpc) is 2.80. The van der Waals surface area contributed by atoms with Gasteiger partial charge in [-0.3, -0.25) is 4.98 Å². The molecule has 0 amide bonds. The zero-order valence-corrected chi connectivity index (χ0v) is 11.9. The van der Waals surface area contributed by atoms with Gasteiger partial charge in [-0.05, 0) is 29.3 Å². The molecular weight excluding hydrogens is 331 g/mol. The molecule has 0 spiro atoms. The van der Waals surface area contributed by atoms with Crippen molar-refractivity contribution in [2.45, 2.75) is 24.9 Å². The Bertz CT molecular complexity index is 857. The molecule has 0 fully saturated rings. The number of hydrogen-bond acceptors (Lipinski definition) is 3. The van der Waals surface area contributed by atoms with Crippen LogP contribution in [0, 0.1) is 17.1 Å². The lowest BCUT2D eigenvalue weighted by Gasteiger charge is -2.16. The highest BCUT2D eigenvalue weighted by atomic mass is 19.4. The summed E-state index contributed by atoms with van der Waals surface area (Å²) in [4.78, 5) is 3.31. The second-order valence-corrected chi connectivity index (χ2v) is 5.42. The largest absolute Gasteiger partial charge is 0.433 e. The van der Waals surface area contributed by atoms with Crippen LogP contribution in [0.5, 0.6) is 0 Å². The first-order valence-corrected chi connectivity index (χ1v) is 6.84. The van der Waals surface area contributed by atoms with E-state index >= 15 is 0 Å². The molecule has 124 valence electrons. The van der Waals surface area contributed by atoms with Gasteiger partial charge >= 0.3 is 6.18 Å². The molecule has 24 heavy (non-hydrogen) atoms. The fourth-order valence-electron chi connectivity index (χ4n) is 2.87. The number of aliphatic hydroxyl groups is 1. The molecule has 2 aromatic rings. The summed E-state index contributed by atoms with van der Waals surface area (Å²) in [5.74, 6) is -0.756. The normalized spacial score (nSPS) is 19.9. The van der Waals surface area contributed by atoms with Crippen LogP contribution in [0.2, 0.25) is 0 Å². The van der Waals surface area contributed by atoms with Crippen LogP contribution < -0.4 is 0 Å². The molecule has 0 aliphatic heterocycles. The van der Waals surface area contributed by atoms with Crippen molar-refractivity contribution in [2.24, 2.45) is 0 Å². The van der Waals surface area contributed by atoms with Crippen LogP contribution in [0.4, 0.5) is 22.0 Å². The van der Waals surface area contributed by atoms with Crippen LogP contribution in [-0.2, 0) is 12.6 Å². The number of nitriles is 1. The van der Waals surface area contributed by atoms with Gasteiger partial charge in [0.15, 0.2) is 5.69 Å². The van der Waals surface area contributed by atoms with E-state index < -0.39 is 41.9 Å². The highest BCUT2D eigenvalue weighted by Gasteiger charge is 2.44. The van der Waals surface area contributed by atoms with E-state index in [-0.39, 0.29) is 22.3 Å². The summed E-state index contributed by atoms with van der Waals surface area (Å²) in [6, 6.07) is 4.99. The van der Waals surface area contributed by atoms with Crippen molar-refractivity contribution < 1.29 is 27.1 Å². The van der Waals surface area contributed by atoms with Gasteiger partial charge in [-0.2, -0.15) is 18.4 Å². The second kappa shape index (κ2) is 5.53. The van der Waals surface area contributed by atoms with Gasteiger partial charge in [0.1, 0.15) is 18.1 Å². The topological polar surface area (TPSA) is 56.9 Å². The van der Waals surface area contributed by atoms with E-state index in [0.29, 0.717) is 0 Å². The van der Waals surface area contributed by atoms with Gasteiger partial charge in [-0.1, -0.05) is 0 Å². The first-order chi connectivity index (χ1) is 11.2. The molecule has 1 aromatic heterocycles. The Kier molecular flexibility index (Phi) is 3.76. The Morgan fingerprint density at radius 2 is 1.96 bits per heavy atom. The minimum Gasteiger partial charge on any atom is -0.385 e. The Hall–Kier alpha value is -2.53. The maximum Gasteiger partial charge on any atom is 0.433 e. The number of hydrogen-bond donors (Lipinski definition) is 1. The SMILES string of the molecule is N#Cc1cc(F)cc(-c2cnc(C(F)(F)F)c3c2CC(F)C3O)c1. The van der Waals surface area contributed by atoms with Crippen LogP contribution in [0.1, 0.15) is 28.5 Å². The third kappa shape index (κ3) is 2.61. The molecule has 0 saturated carbocycles. The van der Waals surface area contributed by atoms with Gasteiger partial charge in [-0.15, -0.1) is 0 Å². The number of alkyl halides is 4. The minimum atomic E-state index is -4.85. The Labute approximate surface area is 133 Å². The third-order valence-corrected chi connectivity index (χ3v) is 3.87. The molecular formula is C16H9F5N2O. The third-order valence-electron chi connectivity index (χ3n) is 3.87. The Morgan fingerprint density at radius 3 is 2.58 bits per heavy atom. The molecule has 2 unspecified atom stereocenters. The monoisotopic (exact) mass is 340 g/mol. The van der Waals surface area contributed by atoms with E-state index in [4.69, 9.17) is 5.26 Å². The number of pyridine rings is 1. The van der Waals surface area contributed by atoms with Gasteiger partial charge in [0.2, 0.25) is 0 Å². The van der Waals surface area contributed by atoms with E-state index in [1.165, 1.54) is 6.07 Å². The fourth-order valence-corrected chi connectivity index (χ4v) is 2.87. The highest BCUT2D eigenvalue weighted by Crippen LogP contribution is 2.45. The first-order valence-electron chi connectivity index (χ1n) is 6.84. The van der Waals surface area contributed by atoms with Crippen LogP contribution in [-0.4, -0.2) is 16.3 Å². The summed E-state index contributed by atoms with van der Waals surface area (Å²) in [6.45, 7) is 0. The van der Waals surface area contributed by atoms with Gasteiger partial charge < -0.3 is 5.11 Å². The molecule has 3 rings (SSSR count). The van der Waals surface area contributed by atoms with Crippen molar-refractivity contribution in [1.29, 1.82) is 5.26 Å². The van der Waals surface area contributed by atoms with Crippen molar-refractivity contribution in [2.75, 3.05) is 0 Å². The fraction of sp³-hybridized carbons (Fsp3) is 0.250. The summed E-state index contributed by atoms with van der Waals surface area (Å²) in [6.07, 6.45) is -8.30. The van der Waals surface area contributed by atoms with Crippen LogP contribution in [0.25, 0.3) is 11.1 Å². The van der Waals surface area contributed by atoms with Crippen molar-refractivity contribution in [1.82, 2.24) is 4.98 Å². The lowest BCUT2D eigenvalue weighted by Crippen LogP contribution is -2.15. The second-order valence-electron chi connectivity index (χ2n) is 5.42. The molecule has 3 nitrogen and oxygen atoms in total. The molecule has 0 saturated heterocycles. The van der Waals surface area contributed by atoms with Crippen molar-refractivity contribution in [3.05, 3.63) is 52.6 Å². The van der Waals surface area contributed by atoms with E-state index in [9.17, 15) is 27.1 Å². The molecule has 1 heterocycles. The van der Waals surface area contributed by atoms with E-state index in [1.807, 2.05) is 0 Å². The number of nitrogens with zero attached hydrogens (tertiary/aromatic N) is 2. The smallest absolute Gasteiger partial charge is 0.385 e. The standard InChI is InChI=1S/C16H9F5N2O/c17-9-2-7(5-22)1-8(3-9)11-6-23-15(16(19,20)21)13-10(11)4-12(18)14(13)24/h1-3,6,12,14,24H,4H2.